The molecule has 1 N–H and O–H groups in total. The van der Waals surface area contributed by atoms with Crippen LogP contribution in [-0.2, 0) is 11.3 Å². The first-order valence-corrected chi connectivity index (χ1v) is 9.54. The molecule has 0 aliphatic heterocycles. The molecule has 0 unspecified atom stereocenters. The summed E-state index contributed by atoms with van der Waals surface area (Å²) >= 11 is 1.33. The van der Waals surface area contributed by atoms with Crippen molar-refractivity contribution in [2.75, 3.05) is 7.05 Å². The zero-order valence-corrected chi connectivity index (χ0v) is 16.4. The summed E-state index contributed by atoms with van der Waals surface area (Å²) in [5.41, 5.74) is 3.03. The van der Waals surface area contributed by atoms with Gasteiger partial charge in [-0.05, 0) is 36.9 Å². The van der Waals surface area contributed by atoms with Crippen LogP contribution in [0.25, 0.3) is 10.2 Å². The van der Waals surface area contributed by atoms with Gasteiger partial charge in [-0.2, -0.15) is 0 Å². The van der Waals surface area contributed by atoms with Crippen molar-refractivity contribution in [1.29, 1.82) is 0 Å². The summed E-state index contributed by atoms with van der Waals surface area (Å²) < 4.78 is 0.576. The van der Waals surface area contributed by atoms with Crippen LogP contribution in [0, 0.1) is 13.8 Å². The van der Waals surface area contributed by atoms with Crippen molar-refractivity contribution >= 4 is 33.2 Å². The minimum Gasteiger partial charge on any atom is -0.338 e. The molecule has 0 aliphatic carbocycles. The van der Waals surface area contributed by atoms with Gasteiger partial charge in [0.1, 0.15) is 10.5 Å². The van der Waals surface area contributed by atoms with Gasteiger partial charge in [0.05, 0.1) is 12.1 Å². The van der Waals surface area contributed by atoms with E-state index in [0.29, 0.717) is 21.6 Å². The molecular formula is C20H21N3O3S. The van der Waals surface area contributed by atoms with Gasteiger partial charge < -0.3 is 9.88 Å². The maximum absolute atomic E-state index is 12.4. The third-order valence-electron chi connectivity index (χ3n) is 4.44. The number of nitrogens with one attached hydrogen (secondary N) is 1. The SMILES string of the molecule is Cc1ccc(C)c(C(=O)CCC(=O)N(C)Cc2nc3ccsc3c(=O)[nH]2)c1. The number of benzene rings is 1. The molecule has 7 heteroatoms. The van der Waals surface area contributed by atoms with Crippen molar-refractivity contribution in [3.63, 3.8) is 0 Å². The fourth-order valence-corrected chi connectivity index (χ4v) is 3.62. The van der Waals surface area contributed by atoms with E-state index < -0.39 is 0 Å². The van der Waals surface area contributed by atoms with Crippen molar-refractivity contribution < 1.29 is 9.59 Å². The fourth-order valence-electron chi connectivity index (χ4n) is 2.89. The number of hydrogen-bond donors (Lipinski definition) is 1. The van der Waals surface area contributed by atoms with Gasteiger partial charge >= 0.3 is 0 Å². The fraction of sp³-hybridized carbons (Fsp3) is 0.300. The number of H-pyrrole nitrogens is 1. The van der Waals surface area contributed by atoms with E-state index in [0.717, 1.165) is 11.1 Å². The highest BCUT2D eigenvalue weighted by molar-refractivity contribution is 7.17. The third-order valence-corrected chi connectivity index (χ3v) is 5.34. The predicted molar refractivity (Wildman–Crippen MR) is 106 cm³/mol. The lowest BCUT2D eigenvalue weighted by molar-refractivity contribution is -0.130. The first-order valence-electron chi connectivity index (χ1n) is 8.66. The summed E-state index contributed by atoms with van der Waals surface area (Å²) in [6.07, 6.45) is 0.272. The average Bonchev–Trinajstić information content (AvgIpc) is 3.10. The molecule has 0 aliphatic rings. The summed E-state index contributed by atoms with van der Waals surface area (Å²) in [7, 11) is 1.64. The summed E-state index contributed by atoms with van der Waals surface area (Å²) in [6, 6.07) is 7.52. The lowest BCUT2D eigenvalue weighted by atomic mass is 9.99. The van der Waals surface area contributed by atoms with Crippen LogP contribution in [0.15, 0.2) is 34.4 Å². The van der Waals surface area contributed by atoms with Crippen LogP contribution in [0.1, 0.15) is 40.2 Å². The zero-order chi connectivity index (χ0) is 19.6. The predicted octanol–water partition coefficient (Wildman–Crippen LogP) is 3.22. The molecule has 0 saturated carbocycles. The molecule has 1 amide bonds. The Morgan fingerprint density at radius 3 is 2.74 bits per heavy atom. The summed E-state index contributed by atoms with van der Waals surface area (Å²) in [4.78, 5) is 45.4. The number of carbonyl (C=O) groups is 2. The Hall–Kier alpha value is -2.80. The standard InChI is InChI=1S/C20H21N3O3S/c1-12-4-5-13(2)14(10-12)16(24)6-7-18(25)23(3)11-17-21-15-8-9-27-19(15)20(26)22-17/h4-5,8-10H,6-7,11H2,1-3H3,(H,21,22,26). The molecule has 1 aromatic carbocycles. The smallest absolute Gasteiger partial charge is 0.268 e. The highest BCUT2D eigenvalue weighted by Crippen LogP contribution is 2.16. The average molecular weight is 383 g/mol. The first-order chi connectivity index (χ1) is 12.8. The molecule has 0 radical (unpaired) electrons. The molecule has 2 heterocycles. The molecule has 3 rings (SSSR count). The maximum Gasteiger partial charge on any atom is 0.268 e. The second kappa shape index (κ2) is 7.84. The van der Waals surface area contributed by atoms with E-state index in [2.05, 4.69) is 9.97 Å². The van der Waals surface area contributed by atoms with Gasteiger partial charge in [0.15, 0.2) is 5.78 Å². The number of aromatic amines is 1. The van der Waals surface area contributed by atoms with Gasteiger partial charge in [-0.25, -0.2) is 4.98 Å². The number of carbonyl (C=O) groups excluding carboxylic acids is 2. The number of hydrogen-bond acceptors (Lipinski definition) is 5. The number of Topliss-reactive ketones (excluding diaryl/α,β-unsaturated/α-hetero) is 1. The Morgan fingerprint density at radius 2 is 1.96 bits per heavy atom. The first kappa shape index (κ1) is 19.0. The van der Waals surface area contributed by atoms with Crippen molar-refractivity contribution in [2.24, 2.45) is 0 Å². The number of ketones is 1. The molecule has 0 fully saturated rings. The van der Waals surface area contributed by atoms with Crippen LogP contribution in [0.2, 0.25) is 0 Å². The largest absolute Gasteiger partial charge is 0.338 e. The molecule has 140 valence electrons. The number of thiophene rings is 1. The molecule has 27 heavy (non-hydrogen) atoms. The Bertz CT molecular complexity index is 1070. The van der Waals surface area contributed by atoms with E-state index >= 15 is 0 Å². The maximum atomic E-state index is 12.4. The number of aryl methyl sites for hydroxylation is 2. The molecule has 6 nitrogen and oxygen atoms in total. The highest BCUT2D eigenvalue weighted by atomic mass is 32.1. The second-order valence-corrected chi connectivity index (χ2v) is 7.56. The van der Waals surface area contributed by atoms with Crippen LogP contribution >= 0.6 is 11.3 Å². The lowest BCUT2D eigenvalue weighted by Crippen LogP contribution is -2.28. The number of fused-ring (bicyclic) bond motifs is 1. The van der Waals surface area contributed by atoms with Gasteiger partial charge in [-0.3, -0.25) is 14.4 Å². The van der Waals surface area contributed by atoms with Crippen LogP contribution in [0.4, 0.5) is 0 Å². The molecular weight excluding hydrogens is 362 g/mol. The van der Waals surface area contributed by atoms with Crippen LogP contribution < -0.4 is 5.56 Å². The monoisotopic (exact) mass is 383 g/mol. The molecule has 3 aromatic rings. The number of amides is 1. The van der Waals surface area contributed by atoms with Crippen LogP contribution in [-0.4, -0.2) is 33.6 Å². The van der Waals surface area contributed by atoms with Gasteiger partial charge in [0, 0.05) is 25.5 Å². The minimum atomic E-state index is -0.198. The molecule has 0 saturated heterocycles. The topological polar surface area (TPSA) is 83.1 Å². The Morgan fingerprint density at radius 1 is 1.19 bits per heavy atom. The summed E-state index contributed by atoms with van der Waals surface area (Å²) in [5, 5.41) is 1.81. The van der Waals surface area contributed by atoms with Gasteiger partial charge in [-0.1, -0.05) is 17.7 Å². The molecule has 0 spiro atoms. The Balaban J connectivity index is 1.62. The number of aromatic nitrogens is 2. The summed E-state index contributed by atoms with van der Waals surface area (Å²) in [6.45, 7) is 4.02. The Labute approximate surface area is 160 Å². The van der Waals surface area contributed by atoms with Gasteiger partial charge in [0.25, 0.3) is 5.56 Å². The normalized spacial score (nSPS) is 10.9. The van der Waals surface area contributed by atoms with E-state index in [-0.39, 0.29) is 36.6 Å². The van der Waals surface area contributed by atoms with Crippen molar-refractivity contribution in [3.8, 4) is 0 Å². The van der Waals surface area contributed by atoms with Gasteiger partial charge in [0.2, 0.25) is 5.91 Å². The van der Waals surface area contributed by atoms with Crippen molar-refractivity contribution in [3.05, 3.63) is 62.5 Å². The minimum absolute atomic E-state index is 0.0378. The number of nitrogens with zero attached hydrogens (tertiary/aromatic N) is 2. The van der Waals surface area contributed by atoms with E-state index in [1.165, 1.54) is 16.2 Å². The van der Waals surface area contributed by atoms with Gasteiger partial charge in [-0.15, -0.1) is 11.3 Å². The Kier molecular flexibility index (Phi) is 5.51. The second-order valence-electron chi connectivity index (χ2n) is 6.64. The molecule has 0 bridgehead atoms. The van der Waals surface area contributed by atoms with Crippen LogP contribution in [0.3, 0.4) is 0 Å². The van der Waals surface area contributed by atoms with E-state index in [9.17, 15) is 14.4 Å². The van der Waals surface area contributed by atoms with E-state index in [1.54, 1.807) is 13.1 Å². The molecule has 0 atom stereocenters. The zero-order valence-electron chi connectivity index (χ0n) is 15.5. The quantitative estimate of drug-likeness (QED) is 0.663. The van der Waals surface area contributed by atoms with Crippen LogP contribution in [0.5, 0.6) is 0 Å². The van der Waals surface area contributed by atoms with Crippen molar-refractivity contribution in [2.45, 2.75) is 33.2 Å². The third kappa shape index (κ3) is 4.31. The van der Waals surface area contributed by atoms with Crippen molar-refractivity contribution in [1.82, 2.24) is 14.9 Å². The lowest BCUT2D eigenvalue weighted by Gasteiger charge is -2.16. The van der Waals surface area contributed by atoms with E-state index in [4.69, 9.17) is 0 Å². The number of rotatable bonds is 6. The van der Waals surface area contributed by atoms with E-state index in [1.807, 2.05) is 37.4 Å². The summed E-state index contributed by atoms with van der Waals surface area (Å²) in [5.74, 6) is 0.230. The highest BCUT2D eigenvalue weighted by Gasteiger charge is 2.16. The molecule has 2 aromatic heterocycles.